The van der Waals surface area contributed by atoms with Crippen LogP contribution in [0.25, 0.3) is 0 Å². The second-order valence-corrected chi connectivity index (χ2v) is 5.25. The van der Waals surface area contributed by atoms with Gasteiger partial charge in [0.15, 0.2) is 0 Å². The van der Waals surface area contributed by atoms with Gasteiger partial charge in [-0.2, -0.15) is 0 Å². The lowest BCUT2D eigenvalue weighted by molar-refractivity contribution is 0.241. The Morgan fingerprint density at radius 1 is 1.26 bits per heavy atom. The van der Waals surface area contributed by atoms with Gasteiger partial charge in [-0.3, -0.25) is 4.90 Å². The molecule has 3 nitrogen and oxygen atoms in total. The summed E-state index contributed by atoms with van der Waals surface area (Å²) in [6, 6.07) is 7.39. The third-order valence-electron chi connectivity index (χ3n) is 3.10. The summed E-state index contributed by atoms with van der Waals surface area (Å²) >= 11 is 12.5. The molecule has 102 valence electrons. The number of rotatable bonds is 5. The molecule has 0 spiro atoms. The van der Waals surface area contributed by atoms with Crippen LogP contribution >= 0.6 is 23.2 Å². The SMILES string of the molecule is CN(Cc1ccoc1)C(CN)c1c(Cl)cccc1Cl. The van der Waals surface area contributed by atoms with Gasteiger partial charge in [-0.1, -0.05) is 29.3 Å². The molecular weight excluding hydrogens is 283 g/mol. The molecular formula is C14H16Cl2N2O. The van der Waals surface area contributed by atoms with Gasteiger partial charge in [-0.15, -0.1) is 0 Å². The van der Waals surface area contributed by atoms with Gasteiger partial charge in [-0.05, 0) is 25.2 Å². The Kier molecular flexibility index (Phi) is 4.88. The van der Waals surface area contributed by atoms with E-state index in [1.165, 1.54) is 0 Å². The minimum absolute atomic E-state index is 0.0314. The van der Waals surface area contributed by atoms with E-state index in [-0.39, 0.29) is 6.04 Å². The first kappa shape index (κ1) is 14.4. The zero-order valence-electron chi connectivity index (χ0n) is 10.6. The molecule has 0 bridgehead atoms. The number of hydrogen-bond donors (Lipinski definition) is 1. The molecule has 0 saturated carbocycles. The molecule has 19 heavy (non-hydrogen) atoms. The number of benzene rings is 1. The summed E-state index contributed by atoms with van der Waals surface area (Å²) in [6.45, 7) is 1.16. The fraction of sp³-hybridized carbons (Fsp3) is 0.286. The minimum Gasteiger partial charge on any atom is -0.472 e. The van der Waals surface area contributed by atoms with Gasteiger partial charge in [0.05, 0.1) is 18.6 Å². The van der Waals surface area contributed by atoms with Crippen LogP contribution in [0.2, 0.25) is 10.0 Å². The molecule has 1 unspecified atom stereocenters. The van der Waals surface area contributed by atoms with Crippen molar-refractivity contribution in [2.75, 3.05) is 13.6 Å². The molecule has 0 saturated heterocycles. The molecule has 0 radical (unpaired) electrons. The Labute approximate surface area is 122 Å². The average molecular weight is 299 g/mol. The third-order valence-corrected chi connectivity index (χ3v) is 3.76. The van der Waals surface area contributed by atoms with Crippen LogP contribution in [-0.2, 0) is 6.54 Å². The van der Waals surface area contributed by atoms with Crippen LogP contribution in [0.4, 0.5) is 0 Å². The van der Waals surface area contributed by atoms with Crippen molar-refractivity contribution in [1.82, 2.24) is 4.90 Å². The monoisotopic (exact) mass is 298 g/mol. The van der Waals surface area contributed by atoms with Gasteiger partial charge < -0.3 is 10.2 Å². The van der Waals surface area contributed by atoms with Crippen molar-refractivity contribution < 1.29 is 4.42 Å². The maximum atomic E-state index is 6.24. The standard InChI is InChI=1S/C14H16Cl2N2O/c1-18(8-10-5-6-19-9-10)13(7-17)14-11(15)3-2-4-12(14)16/h2-6,9,13H,7-8,17H2,1H3. The van der Waals surface area contributed by atoms with Crippen molar-refractivity contribution in [3.05, 3.63) is 58.0 Å². The molecule has 0 aliphatic rings. The van der Waals surface area contributed by atoms with Gasteiger partial charge >= 0.3 is 0 Å². The van der Waals surface area contributed by atoms with E-state index in [4.69, 9.17) is 33.4 Å². The third kappa shape index (κ3) is 3.31. The van der Waals surface area contributed by atoms with Crippen LogP contribution in [0.3, 0.4) is 0 Å². The molecule has 2 rings (SSSR count). The van der Waals surface area contributed by atoms with Gasteiger partial charge in [0, 0.05) is 34.3 Å². The molecule has 1 atom stereocenters. The highest BCUT2D eigenvalue weighted by Gasteiger charge is 2.21. The fourth-order valence-corrected chi connectivity index (χ4v) is 2.78. The summed E-state index contributed by atoms with van der Waals surface area (Å²) < 4.78 is 5.07. The van der Waals surface area contributed by atoms with Crippen LogP contribution in [-0.4, -0.2) is 18.5 Å². The summed E-state index contributed by atoms with van der Waals surface area (Å²) in [5.41, 5.74) is 7.85. The fourth-order valence-electron chi connectivity index (χ4n) is 2.13. The molecule has 1 aromatic heterocycles. The van der Waals surface area contributed by atoms with Crippen molar-refractivity contribution in [1.29, 1.82) is 0 Å². The lowest BCUT2D eigenvalue weighted by Crippen LogP contribution is -2.30. The lowest BCUT2D eigenvalue weighted by atomic mass is 10.0. The van der Waals surface area contributed by atoms with Crippen LogP contribution in [0.5, 0.6) is 0 Å². The summed E-state index contributed by atoms with van der Waals surface area (Å²) in [5.74, 6) is 0. The van der Waals surface area contributed by atoms with Gasteiger partial charge in [0.1, 0.15) is 0 Å². The minimum atomic E-state index is -0.0314. The lowest BCUT2D eigenvalue weighted by Gasteiger charge is -2.28. The molecule has 2 N–H and O–H groups in total. The Hall–Kier alpha value is -1.00. The van der Waals surface area contributed by atoms with E-state index in [0.29, 0.717) is 16.6 Å². The highest BCUT2D eigenvalue weighted by molar-refractivity contribution is 6.36. The van der Waals surface area contributed by atoms with Gasteiger partial charge in [0.2, 0.25) is 0 Å². The van der Waals surface area contributed by atoms with Crippen molar-refractivity contribution >= 4 is 23.2 Å². The van der Waals surface area contributed by atoms with Gasteiger partial charge in [-0.25, -0.2) is 0 Å². The largest absolute Gasteiger partial charge is 0.472 e. The van der Waals surface area contributed by atoms with Crippen molar-refractivity contribution in [3.63, 3.8) is 0 Å². The maximum Gasteiger partial charge on any atom is 0.0947 e. The Morgan fingerprint density at radius 3 is 2.47 bits per heavy atom. The average Bonchev–Trinajstić information content (AvgIpc) is 2.86. The molecule has 0 aliphatic carbocycles. The van der Waals surface area contributed by atoms with E-state index in [1.54, 1.807) is 12.5 Å². The second-order valence-electron chi connectivity index (χ2n) is 4.43. The van der Waals surface area contributed by atoms with Crippen LogP contribution in [0.15, 0.2) is 41.2 Å². The summed E-state index contributed by atoms with van der Waals surface area (Å²) in [6.07, 6.45) is 3.38. The number of hydrogen-bond acceptors (Lipinski definition) is 3. The van der Waals surface area contributed by atoms with Crippen molar-refractivity contribution in [2.45, 2.75) is 12.6 Å². The number of furan rings is 1. The zero-order chi connectivity index (χ0) is 13.8. The van der Waals surface area contributed by atoms with E-state index in [1.807, 2.05) is 31.3 Å². The number of nitrogens with zero attached hydrogens (tertiary/aromatic N) is 1. The Balaban J connectivity index is 2.24. The summed E-state index contributed by atoms with van der Waals surface area (Å²) in [5, 5.41) is 1.28. The topological polar surface area (TPSA) is 42.4 Å². The first-order chi connectivity index (χ1) is 9.13. The molecule has 1 heterocycles. The molecule has 0 fully saturated rings. The maximum absolute atomic E-state index is 6.24. The quantitative estimate of drug-likeness (QED) is 0.915. The highest BCUT2D eigenvalue weighted by atomic mass is 35.5. The smallest absolute Gasteiger partial charge is 0.0947 e. The first-order valence-electron chi connectivity index (χ1n) is 5.98. The summed E-state index contributed by atoms with van der Waals surface area (Å²) in [4.78, 5) is 2.11. The number of halogens is 2. The second kappa shape index (κ2) is 6.44. The molecule has 0 aliphatic heterocycles. The van der Waals surface area contributed by atoms with Crippen molar-refractivity contribution in [3.8, 4) is 0 Å². The normalized spacial score (nSPS) is 12.9. The predicted molar refractivity (Wildman–Crippen MR) is 78.4 cm³/mol. The van der Waals surface area contributed by atoms with E-state index < -0.39 is 0 Å². The van der Waals surface area contributed by atoms with Crippen LogP contribution < -0.4 is 5.73 Å². The van der Waals surface area contributed by atoms with E-state index in [0.717, 1.165) is 17.7 Å². The van der Waals surface area contributed by atoms with E-state index >= 15 is 0 Å². The Morgan fingerprint density at radius 2 is 1.95 bits per heavy atom. The molecule has 2 aromatic rings. The number of nitrogens with two attached hydrogens (primary N) is 1. The summed E-state index contributed by atoms with van der Waals surface area (Å²) in [7, 11) is 1.99. The van der Waals surface area contributed by atoms with Gasteiger partial charge in [0.25, 0.3) is 0 Å². The van der Waals surface area contributed by atoms with E-state index in [2.05, 4.69) is 4.90 Å². The first-order valence-corrected chi connectivity index (χ1v) is 6.74. The number of likely N-dealkylation sites (N-methyl/N-ethyl adjacent to an activating group) is 1. The van der Waals surface area contributed by atoms with Crippen LogP contribution in [0, 0.1) is 0 Å². The predicted octanol–water partition coefficient (Wildman–Crippen LogP) is 3.72. The van der Waals surface area contributed by atoms with Crippen molar-refractivity contribution in [2.24, 2.45) is 5.73 Å². The molecule has 1 aromatic carbocycles. The zero-order valence-corrected chi connectivity index (χ0v) is 12.2. The highest BCUT2D eigenvalue weighted by Crippen LogP contribution is 2.33. The van der Waals surface area contributed by atoms with E-state index in [9.17, 15) is 0 Å². The van der Waals surface area contributed by atoms with Crippen LogP contribution in [0.1, 0.15) is 17.2 Å². The molecule has 0 amide bonds. The molecule has 5 heteroatoms. The Bertz CT molecular complexity index is 508.